The molecule has 0 unspecified atom stereocenters. The van der Waals surface area contributed by atoms with Gasteiger partial charge in [0.05, 0.1) is 28.1 Å². The third-order valence-corrected chi connectivity index (χ3v) is 5.76. The van der Waals surface area contributed by atoms with Crippen LogP contribution in [0.5, 0.6) is 0 Å². The molecule has 5 heterocycles. The van der Waals surface area contributed by atoms with Crippen LogP contribution in [0.3, 0.4) is 0 Å². The van der Waals surface area contributed by atoms with Crippen molar-refractivity contribution < 1.29 is 8.83 Å². The molecular weight excluding hydrogens is 376 g/mol. The average molecular weight is 394 g/mol. The zero-order valence-corrected chi connectivity index (χ0v) is 16.1. The Morgan fingerprint density at radius 2 is 2.21 bits per heavy atom. The van der Waals surface area contributed by atoms with Gasteiger partial charge in [-0.2, -0.15) is 0 Å². The van der Waals surface area contributed by atoms with E-state index in [1.807, 2.05) is 24.4 Å². The molecule has 1 aliphatic rings. The van der Waals surface area contributed by atoms with E-state index in [2.05, 4.69) is 19.9 Å². The molecule has 0 saturated heterocycles. The van der Waals surface area contributed by atoms with E-state index in [0.29, 0.717) is 42.5 Å². The minimum atomic E-state index is -0.114. The van der Waals surface area contributed by atoms with E-state index in [4.69, 9.17) is 8.83 Å². The van der Waals surface area contributed by atoms with Crippen LogP contribution in [-0.4, -0.2) is 26.4 Å². The number of aryl methyl sites for hydroxylation is 1. The standard InChI is InChI=1S/C20H18N4O3S/c1-12-15(22-20(27-12)17-5-3-9-28-17)11-24-7-6-14-13(10-24)19(25)23-18(21-14)16-4-2-8-26-16/h2-5,8-9H,6-7,10-11H2,1H3,(H,21,23,25). The van der Waals surface area contributed by atoms with Crippen LogP contribution in [-0.2, 0) is 19.5 Å². The first-order chi connectivity index (χ1) is 13.7. The minimum Gasteiger partial charge on any atom is -0.461 e. The van der Waals surface area contributed by atoms with Gasteiger partial charge in [0.15, 0.2) is 11.6 Å². The highest BCUT2D eigenvalue weighted by molar-refractivity contribution is 7.13. The highest BCUT2D eigenvalue weighted by atomic mass is 32.1. The number of hydrogen-bond acceptors (Lipinski definition) is 7. The molecule has 0 atom stereocenters. The monoisotopic (exact) mass is 394 g/mol. The van der Waals surface area contributed by atoms with E-state index >= 15 is 0 Å². The third kappa shape index (κ3) is 3.10. The van der Waals surface area contributed by atoms with Gasteiger partial charge < -0.3 is 13.8 Å². The van der Waals surface area contributed by atoms with E-state index in [0.717, 1.165) is 28.6 Å². The molecule has 4 aromatic rings. The number of fused-ring (bicyclic) bond motifs is 1. The molecule has 1 N–H and O–H groups in total. The second-order valence-corrected chi connectivity index (χ2v) is 7.72. The molecule has 5 rings (SSSR count). The summed E-state index contributed by atoms with van der Waals surface area (Å²) >= 11 is 1.61. The molecular formula is C20H18N4O3S. The molecule has 7 nitrogen and oxygen atoms in total. The quantitative estimate of drug-likeness (QED) is 0.569. The molecule has 0 spiro atoms. The summed E-state index contributed by atoms with van der Waals surface area (Å²) in [5.74, 6) is 2.52. The number of oxazole rings is 1. The van der Waals surface area contributed by atoms with E-state index < -0.39 is 0 Å². The number of thiophene rings is 1. The van der Waals surface area contributed by atoms with Crippen LogP contribution in [0.4, 0.5) is 0 Å². The van der Waals surface area contributed by atoms with Crippen molar-refractivity contribution in [1.29, 1.82) is 0 Å². The van der Waals surface area contributed by atoms with Crippen molar-refractivity contribution in [3.05, 3.63) is 69.0 Å². The number of furan rings is 1. The molecule has 142 valence electrons. The molecule has 0 aromatic carbocycles. The smallest absolute Gasteiger partial charge is 0.256 e. The van der Waals surface area contributed by atoms with Gasteiger partial charge >= 0.3 is 0 Å². The Morgan fingerprint density at radius 1 is 1.29 bits per heavy atom. The van der Waals surface area contributed by atoms with Crippen molar-refractivity contribution in [3.8, 4) is 22.4 Å². The molecule has 0 fully saturated rings. The molecule has 0 amide bonds. The number of H-pyrrole nitrogens is 1. The van der Waals surface area contributed by atoms with Crippen molar-refractivity contribution in [2.45, 2.75) is 26.4 Å². The summed E-state index contributed by atoms with van der Waals surface area (Å²) in [5.41, 5.74) is 2.34. The SMILES string of the molecule is Cc1oc(-c2cccs2)nc1CN1CCc2nc(-c3ccco3)[nH]c(=O)c2C1. The summed E-state index contributed by atoms with van der Waals surface area (Å²) in [6.07, 6.45) is 2.28. The molecule has 0 saturated carbocycles. The largest absolute Gasteiger partial charge is 0.461 e. The van der Waals surface area contributed by atoms with Crippen LogP contribution >= 0.6 is 11.3 Å². The molecule has 0 radical (unpaired) electrons. The molecule has 0 bridgehead atoms. The fourth-order valence-electron chi connectivity index (χ4n) is 3.44. The van der Waals surface area contributed by atoms with E-state index in [1.165, 1.54) is 0 Å². The normalized spacial score (nSPS) is 14.3. The minimum absolute atomic E-state index is 0.114. The van der Waals surface area contributed by atoms with Crippen molar-refractivity contribution in [3.63, 3.8) is 0 Å². The third-order valence-electron chi connectivity index (χ3n) is 4.90. The van der Waals surface area contributed by atoms with Gasteiger partial charge in [-0.05, 0) is 30.5 Å². The highest BCUT2D eigenvalue weighted by Gasteiger charge is 2.24. The van der Waals surface area contributed by atoms with Gasteiger partial charge in [0.2, 0.25) is 5.89 Å². The van der Waals surface area contributed by atoms with Crippen LogP contribution < -0.4 is 5.56 Å². The second kappa shape index (κ2) is 6.88. The molecule has 8 heteroatoms. The maximum atomic E-state index is 12.6. The maximum absolute atomic E-state index is 12.6. The van der Waals surface area contributed by atoms with Crippen molar-refractivity contribution in [2.24, 2.45) is 0 Å². The lowest BCUT2D eigenvalue weighted by atomic mass is 10.1. The van der Waals surface area contributed by atoms with Crippen LogP contribution in [0.2, 0.25) is 0 Å². The topological polar surface area (TPSA) is 88.2 Å². The van der Waals surface area contributed by atoms with Crippen LogP contribution in [0, 0.1) is 6.92 Å². The number of nitrogens with zero attached hydrogens (tertiary/aromatic N) is 3. The number of rotatable bonds is 4. The number of aromatic nitrogens is 3. The Bertz CT molecular complexity index is 1160. The number of aromatic amines is 1. The van der Waals surface area contributed by atoms with E-state index in [-0.39, 0.29) is 5.56 Å². The molecule has 0 aliphatic carbocycles. The second-order valence-electron chi connectivity index (χ2n) is 6.78. The maximum Gasteiger partial charge on any atom is 0.256 e. The highest BCUT2D eigenvalue weighted by Crippen LogP contribution is 2.27. The zero-order chi connectivity index (χ0) is 19.1. The summed E-state index contributed by atoms with van der Waals surface area (Å²) in [6, 6.07) is 7.55. The van der Waals surface area contributed by atoms with Gasteiger partial charge in [-0.15, -0.1) is 11.3 Å². The first-order valence-electron chi connectivity index (χ1n) is 9.06. The zero-order valence-electron chi connectivity index (χ0n) is 15.3. The Labute approximate surface area is 164 Å². The molecule has 1 aliphatic heterocycles. The van der Waals surface area contributed by atoms with Gasteiger partial charge in [-0.3, -0.25) is 9.69 Å². The van der Waals surface area contributed by atoms with E-state index in [1.54, 1.807) is 29.7 Å². The van der Waals surface area contributed by atoms with Gasteiger partial charge in [0, 0.05) is 26.1 Å². The predicted molar refractivity (Wildman–Crippen MR) is 105 cm³/mol. The van der Waals surface area contributed by atoms with Gasteiger partial charge in [0.25, 0.3) is 5.56 Å². The van der Waals surface area contributed by atoms with Crippen LogP contribution in [0.15, 0.2) is 49.5 Å². The van der Waals surface area contributed by atoms with Crippen molar-refractivity contribution in [1.82, 2.24) is 19.9 Å². The summed E-state index contributed by atoms with van der Waals surface area (Å²) < 4.78 is 11.2. The van der Waals surface area contributed by atoms with Crippen molar-refractivity contribution >= 4 is 11.3 Å². The summed E-state index contributed by atoms with van der Waals surface area (Å²) in [4.78, 5) is 27.9. The Balaban J connectivity index is 1.37. The van der Waals surface area contributed by atoms with Gasteiger partial charge in [-0.1, -0.05) is 6.07 Å². The lowest BCUT2D eigenvalue weighted by molar-refractivity contribution is 0.238. The van der Waals surface area contributed by atoms with Gasteiger partial charge in [-0.25, -0.2) is 9.97 Å². The number of nitrogens with one attached hydrogen (secondary N) is 1. The first-order valence-corrected chi connectivity index (χ1v) is 9.94. The fourth-order valence-corrected chi connectivity index (χ4v) is 4.09. The summed E-state index contributed by atoms with van der Waals surface area (Å²) in [7, 11) is 0. The Morgan fingerprint density at radius 3 is 3.00 bits per heavy atom. The fraction of sp³-hybridized carbons (Fsp3) is 0.250. The van der Waals surface area contributed by atoms with E-state index in [9.17, 15) is 4.79 Å². The average Bonchev–Trinajstić information content (AvgIpc) is 3.45. The molecule has 28 heavy (non-hydrogen) atoms. The summed E-state index contributed by atoms with van der Waals surface area (Å²) in [5, 5.41) is 2.01. The lowest BCUT2D eigenvalue weighted by Crippen LogP contribution is -2.35. The number of hydrogen-bond donors (Lipinski definition) is 1. The predicted octanol–water partition coefficient (Wildman–Crippen LogP) is 3.61. The van der Waals surface area contributed by atoms with Crippen LogP contribution in [0.25, 0.3) is 22.4 Å². The van der Waals surface area contributed by atoms with Crippen molar-refractivity contribution in [2.75, 3.05) is 6.54 Å². The Kier molecular flexibility index (Phi) is 4.22. The first kappa shape index (κ1) is 17.2. The van der Waals surface area contributed by atoms with Gasteiger partial charge in [0.1, 0.15) is 5.76 Å². The lowest BCUT2D eigenvalue weighted by Gasteiger charge is -2.26. The Hall–Kier alpha value is -2.97. The van der Waals surface area contributed by atoms with Crippen LogP contribution in [0.1, 0.15) is 22.7 Å². The summed E-state index contributed by atoms with van der Waals surface area (Å²) in [6.45, 7) is 3.92. The molecule has 4 aromatic heterocycles.